The van der Waals surface area contributed by atoms with E-state index in [-0.39, 0.29) is 29.2 Å². The lowest BCUT2D eigenvalue weighted by atomic mass is 9.95. The zero-order chi connectivity index (χ0) is 31.2. The highest BCUT2D eigenvalue weighted by Crippen LogP contribution is 2.44. The molecule has 0 amide bonds. The smallest absolute Gasteiger partial charge is 0.229 e. The van der Waals surface area contributed by atoms with Gasteiger partial charge in [-0.2, -0.15) is 0 Å². The number of carbonyl (C=O) groups excluding carboxylic acids is 1. The second-order valence-electron chi connectivity index (χ2n) is 10.4. The van der Waals surface area contributed by atoms with E-state index in [1.165, 1.54) is 24.3 Å². The maximum Gasteiger partial charge on any atom is 0.229 e. The number of hydrogen-bond donors (Lipinski definition) is 10. The Bertz CT molecular complexity index is 1320. The SMILES string of the molecule is O=C1C[C@@H](c2ccc(O[C@H]3O[C@@H](CO)[C@@H](O)[C@@H](O)[C@H]3O)c(O)c2)Oc2cc(O[C@@H]3O[C@@H](CO)[C@H](O)[C@@H](O)[C@@H]3O)cc(O)c21. The Morgan fingerprint density at radius 3 is 1.86 bits per heavy atom. The van der Waals surface area contributed by atoms with E-state index in [1.54, 1.807) is 0 Å². The van der Waals surface area contributed by atoms with Crippen LogP contribution in [0.5, 0.6) is 28.7 Å². The standard InChI is InChI=1S/C27H32O16/c28-7-17-20(33)22(35)24(37)26(42-17)39-10-4-12(31)19-13(32)6-15(40-16(19)5-10)9-1-2-14(11(30)3-9)41-27-25(38)23(36)21(34)18(8-29)43-27/h1-5,15,17-18,20-31,33-38H,6-8H2/t15-,17-,18-,20-,21+,22+,23+,24-,25+,26+,27-/m0/s1. The van der Waals surface area contributed by atoms with E-state index in [9.17, 15) is 55.9 Å². The summed E-state index contributed by atoms with van der Waals surface area (Å²) < 4.78 is 27.5. The van der Waals surface area contributed by atoms with Gasteiger partial charge in [-0.3, -0.25) is 4.79 Å². The molecular weight excluding hydrogens is 580 g/mol. The fraction of sp³-hybridized carbons (Fsp3) is 0.519. The van der Waals surface area contributed by atoms with Crippen molar-refractivity contribution < 1.29 is 79.5 Å². The number of benzene rings is 2. The normalized spacial score (nSPS) is 36.0. The minimum absolute atomic E-state index is 0.109. The first-order valence-electron chi connectivity index (χ1n) is 13.3. The first-order valence-corrected chi connectivity index (χ1v) is 13.3. The molecule has 0 spiro atoms. The Kier molecular flexibility index (Phi) is 8.96. The minimum atomic E-state index is -1.72. The molecular formula is C27H32O16. The largest absolute Gasteiger partial charge is 0.507 e. The van der Waals surface area contributed by atoms with Crippen LogP contribution in [0.2, 0.25) is 0 Å². The topological polar surface area (TPSA) is 266 Å². The maximum absolute atomic E-state index is 12.9. The predicted molar refractivity (Wildman–Crippen MR) is 137 cm³/mol. The van der Waals surface area contributed by atoms with Gasteiger partial charge in [0.1, 0.15) is 77.7 Å². The van der Waals surface area contributed by atoms with Gasteiger partial charge in [0.2, 0.25) is 12.6 Å². The van der Waals surface area contributed by atoms with Gasteiger partial charge < -0.3 is 74.7 Å². The Balaban J connectivity index is 1.33. The summed E-state index contributed by atoms with van der Waals surface area (Å²) >= 11 is 0. The fourth-order valence-electron chi connectivity index (χ4n) is 5.09. The summed E-state index contributed by atoms with van der Waals surface area (Å²) in [5.41, 5.74) is 0.154. The van der Waals surface area contributed by atoms with E-state index in [0.717, 1.165) is 6.07 Å². The molecule has 5 rings (SSSR count). The molecule has 0 aromatic heterocycles. The van der Waals surface area contributed by atoms with Crippen LogP contribution in [0.3, 0.4) is 0 Å². The van der Waals surface area contributed by atoms with Crippen molar-refractivity contribution in [1.82, 2.24) is 0 Å². The number of carbonyl (C=O) groups is 1. The van der Waals surface area contributed by atoms with Gasteiger partial charge in [0, 0.05) is 12.1 Å². The number of rotatable bonds is 7. The molecule has 2 aromatic carbocycles. The van der Waals surface area contributed by atoms with Gasteiger partial charge in [0.15, 0.2) is 17.3 Å². The first-order chi connectivity index (χ1) is 20.4. The Hall–Kier alpha value is -3.29. The van der Waals surface area contributed by atoms with Crippen molar-refractivity contribution in [3.05, 3.63) is 41.5 Å². The van der Waals surface area contributed by atoms with E-state index in [0.29, 0.717) is 5.56 Å². The number of fused-ring (bicyclic) bond motifs is 1. The highest BCUT2D eigenvalue weighted by atomic mass is 16.7. The van der Waals surface area contributed by atoms with E-state index < -0.39 is 98.0 Å². The highest BCUT2D eigenvalue weighted by Gasteiger charge is 2.46. The van der Waals surface area contributed by atoms with Crippen molar-refractivity contribution in [2.24, 2.45) is 0 Å². The molecule has 16 heteroatoms. The van der Waals surface area contributed by atoms with Gasteiger partial charge in [-0.15, -0.1) is 0 Å². The maximum atomic E-state index is 12.9. The number of aliphatic hydroxyl groups is 8. The van der Waals surface area contributed by atoms with Gasteiger partial charge in [-0.25, -0.2) is 0 Å². The molecule has 3 aliphatic rings. The van der Waals surface area contributed by atoms with E-state index in [2.05, 4.69) is 0 Å². The van der Waals surface area contributed by atoms with Crippen LogP contribution in [0, 0.1) is 0 Å². The lowest BCUT2D eigenvalue weighted by Gasteiger charge is -2.39. The summed E-state index contributed by atoms with van der Waals surface area (Å²) in [6, 6.07) is 6.24. The van der Waals surface area contributed by atoms with Crippen LogP contribution in [0.15, 0.2) is 30.3 Å². The molecule has 2 aromatic rings. The van der Waals surface area contributed by atoms with E-state index >= 15 is 0 Å². The van der Waals surface area contributed by atoms with Crippen LogP contribution in [-0.2, 0) is 9.47 Å². The van der Waals surface area contributed by atoms with Crippen LogP contribution in [-0.4, -0.2) is 131 Å². The molecule has 10 N–H and O–H groups in total. The quantitative estimate of drug-likeness (QED) is 0.151. The summed E-state index contributed by atoms with van der Waals surface area (Å²) in [6.07, 6.45) is -16.8. The van der Waals surface area contributed by atoms with Crippen LogP contribution < -0.4 is 14.2 Å². The molecule has 3 aliphatic heterocycles. The Labute approximate surface area is 243 Å². The summed E-state index contributed by atoms with van der Waals surface area (Å²) in [4.78, 5) is 12.9. The molecule has 11 atom stereocenters. The Morgan fingerprint density at radius 2 is 1.30 bits per heavy atom. The molecule has 43 heavy (non-hydrogen) atoms. The van der Waals surface area contributed by atoms with Crippen molar-refractivity contribution in [2.75, 3.05) is 13.2 Å². The predicted octanol–water partition coefficient (Wildman–Crippen LogP) is -2.84. The Morgan fingerprint density at radius 1 is 0.721 bits per heavy atom. The van der Waals surface area contributed by atoms with Crippen LogP contribution >= 0.6 is 0 Å². The van der Waals surface area contributed by atoms with E-state index in [4.69, 9.17) is 23.7 Å². The number of ketones is 1. The first kappa shape index (κ1) is 31.1. The summed E-state index contributed by atoms with van der Waals surface area (Å²) in [5, 5.41) is 100. The minimum Gasteiger partial charge on any atom is -0.507 e. The molecule has 0 aliphatic carbocycles. The lowest BCUT2D eigenvalue weighted by Crippen LogP contribution is -2.60. The summed E-state index contributed by atoms with van der Waals surface area (Å²) in [5.74, 6) is -1.92. The number of aromatic hydroxyl groups is 2. The third-order valence-corrected chi connectivity index (χ3v) is 7.52. The number of hydrogen-bond acceptors (Lipinski definition) is 16. The van der Waals surface area contributed by atoms with Crippen LogP contribution in [0.1, 0.15) is 28.4 Å². The highest BCUT2D eigenvalue weighted by molar-refractivity contribution is 6.02. The van der Waals surface area contributed by atoms with Gasteiger partial charge in [0.25, 0.3) is 0 Å². The van der Waals surface area contributed by atoms with Crippen molar-refractivity contribution in [3.63, 3.8) is 0 Å². The summed E-state index contributed by atoms with van der Waals surface area (Å²) in [7, 11) is 0. The molecule has 16 nitrogen and oxygen atoms in total. The molecule has 2 saturated heterocycles. The number of Topliss-reactive ketones (excluding diaryl/α,β-unsaturated/α-hetero) is 1. The van der Waals surface area contributed by atoms with Crippen molar-refractivity contribution in [1.29, 1.82) is 0 Å². The van der Waals surface area contributed by atoms with Gasteiger partial charge >= 0.3 is 0 Å². The third-order valence-electron chi connectivity index (χ3n) is 7.52. The van der Waals surface area contributed by atoms with Gasteiger partial charge in [0.05, 0.1) is 19.6 Å². The second-order valence-corrected chi connectivity index (χ2v) is 10.4. The number of aliphatic hydroxyl groups excluding tert-OH is 8. The van der Waals surface area contributed by atoms with Gasteiger partial charge in [-0.05, 0) is 17.7 Å². The van der Waals surface area contributed by atoms with Crippen molar-refractivity contribution >= 4 is 5.78 Å². The van der Waals surface area contributed by atoms with Crippen LogP contribution in [0.4, 0.5) is 0 Å². The zero-order valence-corrected chi connectivity index (χ0v) is 22.3. The molecule has 0 radical (unpaired) electrons. The van der Waals surface area contributed by atoms with Crippen molar-refractivity contribution in [2.45, 2.75) is 73.9 Å². The molecule has 0 saturated carbocycles. The lowest BCUT2D eigenvalue weighted by molar-refractivity contribution is -0.277. The number of phenols is 2. The molecule has 2 fully saturated rings. The monoisotopic (exact) mass is 612 g/mol. The number of ether oxygens (including phenoxy) is 5. The molecule has 0 unspecified atom stereocenters. The average molecular weight is 613 g/mol. The van der Waals surface area contributed by atoms with Crippen LogP contribution in [0.25, 0.3) is 0 Å². The zero-order valence-electron chi connectivity index (χ0n) is 22.3. The molecule has 236 valence electrons. The van der Waals surface area contributed by atoms with Gasteiger partial charge in [-0.1, -0.05) is 6.07 Å². The fourth-order valence-corrected chi connectivity index (χ4v) is 5.09. The summed E-state index contributed by atoms with van der Waals surface area (Å²) in [6.45, 7) is -1.35. The van der Waals surface area contributed by atoms with Crippen molar-refractivity contribution in [3.8, 4) is 28.7 Å². The second kappa shape index (κ2) is 12.4. The van der Waals surface area contributed by atoms with E-state index in [1.807, 2.05) is 0 Å². The molecule has 0 bridgehead atoms. The number of phenolic OH excluding ortho intramolecular Hbond substituents is 2. The average Bonchev–Trinajstić information content (AvgIpc) is 2.98. The molecule has 3 heterocycles. The third kappa shape index (κ3) is 5.94.